The summed E-state index contributed by atoms with van der Waals surface area (Å²) in [6, 6.07) is -0.145. The number of carbonyl (C=O) groups excluding carboxylic acids is 1. The summed E-state index contributed by atoms with van der Waals surface area (Å²) in [5.74, 6) is 0.410. The first-order valence-corrected chi connectivity index (χ1v) is 10.5. The summed E-state index contributed by atoms with van der Waals surface area (Å²) in [6.45, 7) is 4.77. The average Bonchev–Trinajstić information content (AvgIpc) is 3.15. The molecule has 2 fully saturated rings. The van der Waals surface area contributed by atoms with E-state index in [0.29, 0.717) is 24.6 Å². The zero-order chi connectivity index (χ0) is 17.5. The number of hydrogen-bond acceptors (Lipinski definition) is 4. The Balaban J connectivity index is 1.76. The van der Waals surface area contributed by atoms with E-state index in [1.807, 2.05) is 6.92 Å². The predicted molar refractivity (Wildman–Crippen MR) is 91.4 cm³/mol. The van der Waals surface area contributed by atoms with Gasteiger partial charge in [-0.1, -0.05) is 13.3 Å². The Bertz CT molecular complexity index is 724. The van der Waals surface area contributed by atoms with E-state index in [1.165, 1.54) is 10.6 Å². The summed E-state index contributed by atoms with van der Waals surface area (Å²) in [5, 5.41) is 10.3. The molecule has 1 aliphatic carbocycles. The molecule has 0 radical (unpaired) electrons. The molecule has 2 aliphatic rings. The van der Waals surface area contributed by atoms with E-state index in [0.717, 1.165) is 37.1 Å². The molecule has 0 spiro atoms. The lowest BCUT2D eigenvalue weighted by Gasteiger charge is -2.19. The van der Waals surface area contributed by atoms with Crippen molar-refractivity contribution in [1.82, 2.24) is 19.8 Å². The number of hydrogen-bond donors (Lipinski definition) is 2. The highest BCUT2D eigenvalue weighted by atomic mass is 32.2. The van der Waals surface area contributed by atoms with Crippen molar-refractivity contribution in [2.75, 3.05) is 19.3 Å². The van der Waals surface area contributed by atoms with E-state index >= 15 is 0 Å². The fourth-order valence-electron chi connectivity index (χ4n) is 3.56. The Morgan fingerprint density at radius 1 is 1.38 bits per heavy atom. The maximum Gasteiger partial charge on any atom is 0.255 e. The lowest BCUT2D eigenvalue weighted by atomic mass is 9.97. The molecule has 0 aromatic carbocycles. The van der Waals surface area contributed by atoms with Crippen molar-refractivity contribution >= 4 is 15.9 Å². The van der Waals surface area contributed by atoms with Gasteiger partial charge in [-0.2, -0.15) is 9.40 Å². The third-order valence-corrected chi connectivity index (χ3v) is 6.25. The van der Waals surface area contributed by atoms with Crippen molar-refractivity contribution in [2.24, 2.45) is 5.92 Å². The molecule has 2 heterocycles. The molecule has 1 saturated carbocycles. The molecule has 1 amide bonds. The van der Waals surface area contributed by atoms with Gasteiger partial charge in [0, 0.05) is 30.7 Å². The van der Waals surface area contributed by atoms with Gasteiger partial charge in [0.1, 0.15) is 0 Å². The number of nitrogens with zero attached hydrogens (tertiary/aromatic N) is 2. The lowest BCUT2D eigenvalue weighted by Crippen LogP contribution is -2.41. The summed E-state index contributed by atoms with van der Waals surface area (Å²) < 4.78 is 25.2. The third kappa shape index (κ3) is 3.49. The van der Waals surface area contributed by atoms with Crippen molar-refractivity contribution in [3.63, 3.8) is 0 Å². The normalized spacial score (nSPS) is 25.1. The zero-order valence-corrected chi connectivity index (χ0v) is 15.3. The first-order valence-electron chi connectivity index (χ1n) is 8.62. The van der Waals surface area contributed by atoms with Crippen LogP contribution in [-0.2, 0) is 10.0 Å². The van der Waals surface area contributed by atoms with Crippen LogP contribution in [0, 0.1) is 12.8 Å². The first-order chi connectivity index (χ1) is 11.3. The molecule has 1 aromatic heterocycles. The van der Waals surface area contributed by atoms with Crippen LogP contribution in [0.5, 0.6) is 0 Å². The van der Waals surface area contributed by atoms with Crippen LogP contribution in [-0.4, -0.2) is 54.2 Å². The van der Waals surface area contributed by atoms with Gasteiger partial charge in [0.05, 0.1) is 17.5 Å². The van der Waals surface area contributed by atoms with E-state index in [4.69, 9.17) is 0 Å². The molecule has 8 heteroatoms. The number of amides is 1. The minimum atomic E-state index is -3.23. The van der Waals surface area contributed by atoms with Gasteiger partial charge in [0.15, 0.2) is 0 Å². The topological polar surface area (TPSA) is 95.2 Å². The largest absolute Gasteiger partial charge is 0.348 e. The van der Waals surface area contributed by atoms with Crippen LogP contribution >= 0.6 is 0 Å². The van der Waals surface area contributed by atoms with E-state index in [9.17, 15) is 13.2 Å². The molecule has 24 heavy (non-hydrogen) atoms. The van der Waals surface area contributed by atoms with Gasteiger partial charge in [-0.05, 0) is 32.1 Å². The van der Waals surface area contributed by atoms with Gasteiger partial charge >= 0.3 is 0 Å². The highest BCUT2D eigenvalue weighted by molar-refractivity contribution is 7.88. The second-order valence-electron chi connectivity index (χ2n) is 7.09. The van der Waals surface area contributed by atoms with Crippen LogP contribution in [0.4, 0.5) is 0 Å². The molecule has 1 saturated heterocycles. The van der Waals surface area contributed by atoms with Gasteiger partial charge in [-0.15, -0.1) is 0 Å². The van der Waals surface area contributed by atoms with E-state index in [1.54, 1.807) is 0 Å². The quantitative estimate of drug-likeness (QED) is 0.807. The van der Waals surface area contributed by atoms with Gasteiger partial charge in [-0.3, -0.25) is 9.89 Å². The maximum absolute atomic E-state index is 12.8. The third-order valence-electron chi connectivity index (χ3n) is 5.02. The van der Waals surface area contributed by atoms with Crippen LogP contribution in [0.15, 0.2) is 0 Å². The number of nitrogens with one attached hydrogen (secondary N) is 2. The second kappa shape index (κ2) is 6.48. The summed E-state index contributed by atoms with van der Waals surface area (Å²) in [5.41, 5.74) is 2.28. The Kier molecular flexibility index (Phi) is 4.70. The number of sulfonamides is 1. The standard InChI is InChI=1S/C16H26N4O3S/c1-4-5-12-8-20(24(3,22)23)9-13(12)17-16(21)14-10(2)18-19-15(14)11-6-7-11/h11-13H,4-9H2,1-3H3,(H,17,21)(H,18,19)/t12-,13-/m0/s1. The second-order valence-corrected chi connectivity index (χ2v) is 9.07. The highest BCUT2D eigenvalue weighted by Crippen LogP contribution is 2.41. The Hall–Kier alpha value is -1.41. The smallest absolute Gasteiger partial charge is 0.255 e. The van der Waals surface area contributed by atoms with Crippen molar-refractivity contribution in [3.05, 3.63) is 17.0 Å². The SMILES string of the molecule is CCC[C@H]1CN(S(C)(=O)=O)C[C@@H]1NC(=O)c1c(C2CC2)n[nH]c1C. The molecule has 0 unspecified atom stereocenters. The molecule has 1 aromatic rings. The molecular weight excluding hydrogens is 328 g/mol. The Labute approximate surface area is 143 Å². The number of H-pyrrole nitrogens is 1. The molecular formula is C16H26N4O3S. The van der Waals surface area contributed by atoms with Crippen LogP contribution in [0.1, 0.15) is 60.3 Å². The molecule has 2 atom stereocenters. The summed E-state index contributed by atoms with van der Waals surface area (Å²) in [4.78, 5) is 12.8. The van der Waals surface area contributed by atoms with Crippen LogP contribution in [0.25, 0.3) is 0 Å². The Morgan fingerprint density at radius 3 is 2.67 bits per heavy atom. The van der Waals surface area contributed by atoms with Gasteiger partial charge in [0.2, 0.25) is 10.0 Å². The number of carbonyl (C=O) groups is 1. The fourth-order valence-corrected chi connectivity index (χ4v) is 4.45. The Morgan fingerprint density at radius 2 is 2.08 bits per heavy atom. The number of aryl methyl sites for hydroxylation is 1. The maximum atomic E-state index is 12.8. The zero-order valence-electron chi connectivity index (χ0n) is 14.5. The number of aromatic nitrogens is 2. The van der Waals surface area contributed by atoms with Crippen molar-refractivity contribution in [3.8, 4) is 0 Å². The first kappa shape index (κ1) is 17.4. The predicted octanol–water partition coefficient (Wildman–Crippen LogP) is 1.39. The van der Waals surface area contributed by atoms with Crippen molar-refractivity contribution in [2.45, 2.75) is 51.5 Å². The molecule has 134 valence electrons. The van der Waals surface area contributed by atoms with E-state index in [2.05, 4.69) is 22.4 Å². The minimum Gasteiger partial charge on any atom is -0.348 e. The number of aromatic amines is 1. The van der Waals surface area contributed by atoms with E-state index in [-0.39, 0.29) is 17.9 Å². The molecule has 0 bridgehead atoms. The van der Waals surface area contributed by atoms with Gasteiger partial charge in [-0.25, -0.2) is 8.42 Å². The average molecular weight is 354 g/mol. The van der Waals surface area contributed by atoms with Crippen LogP contribution in [0.3, 0.4) is 0 Å². The van der Waals surface area contributed by atoms with Crippen molar-refractivity contribution in [1.29, 1.82) is 0 Å². The van der Waals surface area contributed by atoms with Crippen LogP contribution in [0.2, 0.25) is 0 Å². The molecule has 1 aliphatic heterocycles. The molecule has 2 N–H and O–H groups in total. The molecule has 3 rings (SSSR count). The minimum absolute atomic E-state index is 0.135. The van der Waals surface area contributed by atoms with Crippen molar-refractivity contribution < 1.29 is 13.2 Å². The van der Waals surface area contributed by atoms with Gasteiger partial charge < -0.3 is 5.32 Å². The highest BCUT2D eigenvalue weighted by Gasteiger charge is 2.39. The van der Waals surface area contributed by atoms with Gasteiger partial charge in [0.25, 0.3) is 5.91 Å². The summed E-state index contributed by atoms with van der Waals surface area (Å²) >= 11 is 0. The molecule has 7 nitrogen and oxygen atoms in total. The number of rotatable bonds is 6. The lowest BCUT2D eigenvalue weighted by molar-refractivity contribution is 0.0928. The van der Waals surface area contributed by atoms with Crippen LogP contribution < -0.4 is 5.32 Å². The summed E-state index contributed by atoms with van der Waals surface area (Å²) in [7, 11) is -3.23. The van der Waals surface area contributed by atoms with E-state index < -0.39 is 10.0 Å². The fraction of sp³-hybridized carbons (Fsp3) is 0.750. The summed E-state index contributed by atoms with van der Waals surface area (Å²) in [6.07, 6.45) is 5.25. The monoisotopic (exact) mass is 354 g/mol.